The second-order valence-corrected chi connectivity index (χ2v) is 7.60. The van der Waals surface area contributed by atoms with Crippen molar-refractivity contribution in [3.8, 4) is 0 Å². The topological polar surface area (TPSA) is 69.7 Å². The fourth-order valence-electron chi connectivity index (χ4n) is 3.64. The van der Waals surface area contributed by atoms with E-state index in [0.717, 1.165) is 0 Å². The molecule has 3 aromatic rings. The number of nitrogens with zero attached hydrogens (tertiary/aromatic N) is 2. The second-order valence-electron chi connectivity index (χ2n) is 7.60. The zero-order chi connectivity index (χ0) is 23.4. The van der Waals surface area contributed by atoms with Gasteiger partial charge in [0.2, 0.25) is 0 Å². The molecule has 1 fully saturated rings. The molecular weight excluding hydrogens is 428 g/mol. The molecule has 1 aliphatic rings. The number of amides is 3. The average Bonchev–Trinajstić information content (AvgIpc) is 2.85. The predicted molar refractivity (Wildman–Crippen MR) is 119 cm³/mol. The molecule has 0 radical (unpaired) electrons. The number of piperazine rings is 1. The van der Waals surface area contributed by atoms with Crippen LogP contribution in [-0.2, 0) is 0 Å². The summed E-state index contributed by atoms with van der Waals surface area (Å²) in [5.41, 5.74) is 1.27. The summed E-state index contributed by atoms with van der Waals surface area (Å²) in [6.07, 6.45) is 0. The first kappa shape index (κ1) is 22.1. The monoisotopic (exact) mass is 449 g/mol. The average molecular weight is 449 g/mol. The Kier molecular flexibility index (Phi) is 6.44. The van der Waals surface area contributed by atoms with E-state index in [9.17, 15) is 23.2 Å². The van der Waals surface area contributed by atoms with Gasteiger partial charge < -0.3 is 15.1 Å². The zero-order valence-corrected chi connectivity index (χ0v) is 17.6. The van der Waals surface area contributed by atoms with Crippen LogP contribution in [0, 0.1) is 11.6 Å². The molecular formula is C25H21F2N3O3. The molecule has 0 atom stereocenters. The van der Waals surface area contributed by atoms with Crippen LogP contribution in [-0.4, -0.2) is 53.7 Å². The molecule has 8 heteroatoms. The van der Waals surface area contributed by atoms with Gasteiger partial charge in [0.05, 0.1) is 5.56 Å². The Hall–Kier alpha value is -4.07. The van der Waals surface area contributed by atoms with Gasteiger partial charge in [-0.05, 0) is 54.6 Å². The van der Waals surface area contributed by atoms with Gasteiger partial charge in [0.1, 0.15) is 11.6 Å². The number of urea groups is 1. The van der Waals surface area contributed by atoms with Crippen molar-refractivity contribution in [3.63, 3.8) is 0 Å². The SMILES string of the molecule is O=C(c1ccc(F)cc1)c1ccccc1C(=O)N1CCN(C(=O)Nc2ccc(F)cc2)CC1. The van der Waals surface area contributed by atoms with Crippen LogP contribution in [0.5, 0.6) is 0 Å². The van der Waals surface area contributed by atoms with E-state index in [1.165, 1.54) is 48.5 Å². The molecule has 0 aromatic heterocycles. The summed E-state index contributed by atoms with van der Waals surface area (Å²) in [7, 11) is 0. The van der Waals surface area contributed by atoms with Crippen molar-refractivity contribution in [1.82, 2.24) is 9.80 Å². The number of halogens is 2. The van der Waals surface area contributed by atoms with Crippen LogP contribution in [0.4, 0.5) is 19.3 Å². The summed E-state index contributed by atoms with van der Waals surface area (Å²) >= 11 is 0. The largest absolute Gasteiger partial charge is 0.335 e. The lowest BCUT2D eigenvalue weighted by atomic mass is 9.97. The van der Waals surface area contributed by atoms with Gasteiger partial charge in [0, 0.05) is 43.0 Å². The lowest BCUT2D eigenvalue weighted by molar-refractivity contribution is 0.0668. The Morgan fingerprint density at radius 1 is 0.667 bits per heavy atom. The van der Waals surface area contributed by atoms with Gasteiger partial charge in [0.25, 0.3) is 5.91 Å². The van der Waals surface area contributed by atoms with Gasteiger partial charge in [-0.15, -0.1) is 0 Å². The van der Waals surface area contributed by atoms with E-state index in [-0.39, 0.29) is 28.8 Å². The number of benzene rings is 3. The molecule has 1 heterocycles. The summed E-state index contributed by atoms with van der Waals surface area (Å²) in [6, 6.07) is 16.8. The van der Waals surface area contributed by atoms with Crippen LogP contribution in [0.15, 0.2) is 72.8 Å². The third-order valence-corrected chi connectivity index (χ3v) is 5.46. The Balaban J connectivity index is 1.42. The van der Waals surface area contributed by atoms with Crippen LogP contribution in [0.25, 0.3) is 0 Å². The second kappa shape index (κ2) is 9.60. The summed E-state index contributed by atoms with van der Waals surface area (Å²) in [6.45, 7) is 1.23. The highest BCUT2D eigenvalue weighted by molar-refractivity contribution is 6.15. The Bertz CT molecular complexity index is 1170. The maximum absolute atomic E-state index is 13.2. The molecule has 1 saturated heterocycles. The number of carbonyl (C=O) groups excluding carboxylic acids is 3. The first-order valence-electron chi connectivity index (χ1n) is 10.4. The smallest absolute Gasteiger partial charge is 0.321 e. The van der Waals surface area contributed by atoms with Crippen molar-refractivity contribution in [2.75, 3.05) is 31.5 Å². The van der Waals surface area contributed by atoms with Crippen molar-refractivity contribution in [1.29, 1.82) is 0 Å². The van der Waals surface area contributed by atoms with E-state index in [1.54, 1.807) is 34.1 Å². The quantitative estimate of drug-likeness (QED) is 0.608. The van der Waals surface area contributed by atoms with Gasteiger partial charge in [-0.2, -0.15) is 0 Å². The van der Waals surface area contributed by atoms with Crippen LogP contribution < -0.4 is 5.32 Å². The maximum Gasteiger partial charge on any atom is 0.321 e. The standard InChI is InChI=1S/C25H21F2N3O3/c26-18-7-5-17(6-8-18)23(31)21-3-1-2-4-22(21)24(32)29-13-15-30(16-14-29)25(33)28-20-11-9-19(27)10-12-20/h1-12H,13-16H2,(H,28,33). The third kappa shape index (κ3) is 5.06. The summed E-state index contributed by atoms with van der Waals surface area (Å²) in [5, 5.41) is 2.71. The molecule has 1 aliphatic heterocycles. The van der Waals surface area contributed by atoms with Crippen LogP contribution in [0.2, 0.25) is 0 Å². The number of carbonyl (C=O) groups is 3. The van der Waals surface area contributed by atoms with E-state index in [1.807, 2.05) is 0 Å². The molecule has 33 heavy (non-hydrogen) atoms. The third-order valence-electron chi connectivity index (χ3n) is 5.46. The van der Waals surface area contributed by atoms with Crippen LogP contribution in [0.3, 0.4) is 0 Å². The Morgan fingerprint density at radius 2 is 1.18 bits per heavy atom. The van der Waals surface area contributed by atoms with Crippen LogP contribution in [0.1, 0.15) is 26.3 Å². The number of hydrogen-bond acceptors (Lipinski definition) is 3. The molecule has 4 rings (SSSR count). The number of rotatable bonds is 4. The lowest BCUT2D eigenvalue weighted by Crippen LogP contribution is -2.51. The predicted octanol–water partition coefficient (Wildman–Crippen LogP) is 4.19. The van der Waals surface area contributed by atoms with Crippen molar-refractivity contribution < 1.29 is 23.2 Å². The van der Waals surface area contributed by atoms with Crippen LogP contribution >= 0.6 is 0 Å². The fraction of sp³-hybridized carbons (Fsp3) is 0.160. The van der Waals surface area contributed by atoms with E-state index >= 15 is 0 Å². The molecule has 3 amide bonds. The Labute approximate surface area is 189 Å². The highest BCUT2D eigenvalue weighted by atomic mass is 19.1. The summed E-state index contributed by atoms with van der Waals surface area (Å²) < 4.78 is 26.2. The zero-order valence-electron chi connectivity index (χ0n) is 17.6. The summed E-state index contributed by atoms with van der Waals surface area (Å²) in [5.74, 6) is -1.51. The minimum Gasteiger partial charge on any atom is -0.335 e. The molecule has 3 aromatic carbocycles. The van der Waals surface area contributed by atoms with Crippen molar-refractivity contribution in [2.45, 2.75) is 0 Å². The molecule has 168 valence electrons. The van der Waals surface area contributed by atoms with Gasteiger partial charge in [-0.3, -0.25) is 9.59 Å². The molecule has 0 saturated carbocycles. The highest BCUT2D eigenvalue weighted by Gasteiger charge is 2.27. The minimum atomic E-state index is -0.447. The van der Waals surface area contributed by atoms with E-state index < -0.39 is 11.6 Å². The number of hydrogen-bond donors (Lipinski definition) is 1. The highest BCUT2D eigenvalue weighted by Crippen LogP contribution is 2.19. The van der Waals surface area contributed by atoms with Crippen molar-refractivity contribution in [3.05, 3.63) is 101 Å². The molecule has 6 nitrogen and oxygen atoms in total. The maximum atomic E-state index is 13.2. The summed E-state index contributed by atoms with van der Waals surface area (Å²) in [4.78, 5) is 41.7. The molecule has 0 spiro atoms. The number of ketones is 1. The van der Waals surface area contributed by atoms with Gasteiger partial charge >= 0.3 is 6.03 Å². The minimum absolute atomic E-state index is 0.241. The number of nitrogens with one attached hydrogen (secondary N) is 1. The Morgan fingerprint density at radius 3 is 1.79 bits per heavy atom. The molecule has 1 N–H and O–H groups in total. The van der Waals surface area contributed by atoms with Crippen molar-refractivity contribution >= 4 is 23.4 Å². The van der Waals surface area contributed by atoms with E-state index in [2.05, 4.69) is 5.32 Å². The lowest BCUT2D eigenvalue weighted by Gasteiger charge is -2.35. The fourth-order valence-corrected chi connectivity index (χ4v) is 3.64. The molecule has 0 unspecified atom stereocenters. The normalized spacial score (nSPS) is 13.5. The first-order chi connectivity index (χ1) is 15.9. The van der Waals surface area contributed by atoms with E-state index in [0.29, 0.717) is 37.4 Å². The molecule has 0 aliphatic carbocycles. The van der Waals surface area contributed by atoms with Gasteiger partial charge in [-0.1, -0.05) is 18.2 Å². The van der Waals surface area contributed by atoms with E-state index in [4.69, 9.17) is 0 Å². The first-order valence-corrected chi connectivity index (χ1v) is 10.4. The van der Waals surface area contributed by atoms with Crippen molar-refractivity contribution in [2.24, 2.45) is 0 Å². The molecule has 0 bridgehead atoms. The van der Waals surface area contributed by atoms with Gasteiger partial charge in [0.15, 0.2) is 5.78 Å². The van der Waals surface area contributed by atoms with Gasteiger partial charge in [-0.25, -0.2) is 13.6 Å². The number of anilines is 1.